The van der Waals surface area contributed by atoms with Gasteiger partial charge in [-0.25, -0.2) is 9.78 Å². The van der Waals surface area contributed by atoms with E-state index in [2.05, 4.69) is 28.4 Å². The molecule has 9 nitrogen and oxygen atoms in total. The molecular formula is C35H37N5O4. The van der Waals surface area contributed by atoms with Gasteiger partial charge in [0.2, 0.25) is 11.8 Å². The Morgan fingerprint density at radius 1 is 0.932 bits per heavy atom. The van der Waals surface area contributed by atoms with Gasteiger partial charge in [-0.05, 0) is 75.6 Å². The molecule has 0 radical (unpaired) electrons. The van der Waals surface area contributed by atoms with Crippen LogP contribution < -0.4 is 19.7 Å². The molecule has 3 aromatic carbocycles. The van der Waals surface area contributed by atoms with Crippen LogP contribution >= 0.6 is 0 Å². The van der Waals surface area contributed by atoms with Gasteiger partial charge >= 0.3 is 6.09 Å². The summed E-state index contributed by atoms with van der Waals surface area (Å²) in [6.07, 6.45) is 3.13. The number of carbonyl (C=O) groups is 1. The van der Waals surface area contributed by atoms with E-state index in [1.807, 2.05) is 98.1 Å². The van der Waals surface area contributed by atoms with Crippen molar-refractivity contribution in [3.63, 3.8) is 0 Å². The predicted octanol–water partition coefficient (Wildman–Crippen LogP) is 7.29. The van der Waals surface area contributed by atoms with Crippen LogP contribution in [0.5, 0.6) is 17.5 Å². The third-order valence-corrected chi connectivity index (χ3v) is 7.37. The average molecular weight is 592 g/mol. The number of fused-ring (bicyclic) bond motifs is 1. The van der Waals surface area contributed by atoms with Gasteiger partial charge in [-0.1, -0.05) is 48.5 Å². The molecular weight excluding hydrogens is 554 g/mol. The molecule has 0 unspecified atom stereocenters. The number of nitrogens with zero attached hydrogens (tertiary/aromatic N) is 4. The van der Waals surface area contributed by atoms with Crippen molar-refractivity contribution in [3.8, 4) is 23.2 Å². The summed E-state index contributed by atoms with van der Waals surface area (Å²) < 4.78 is 19.7. The molecule has 1 aliphatic rings. The van der Waals surface area contributed by atoms with Crippen LogP contribution in [-0.4, -0.2) is 45.4 Å². The number of pyridine rings is 1. The first-order valence-corrected chi connectivity index (χ1v) is 14.9. The molecule has 5 aromatic rings. The van der Waals surface area contributed by atoms with Crippen molar-refractivity contribution in [2.24, 2.45) is 0 Å². The van der Waals surface area contributed by atoms with Crippen molar-refractivity contribution in [1.29, 1.82) is 0 Å². The highest BCUT2D eigenvalue weighted by Gasteiger charge is 2.24. The summed E-state index contributed by atoms with van der Waals surface area (Å²) in [5.74, 6) is 1.59. The molecule has 0 bridgehead atoms. The average Bonchev–Trinajstić information content (AvgIpc) is 3.44. The van der Waals surface area contributed by atoms with E-state index in [0.29, 0.717) is 24.1 Å². The van der Waals surface area contributed by atoms with Crippen LogP contribution in [0.2, 0.25) is 0 Å². The molecule has 1 aliphatic heterocycles. The molecule has 1 fully saturated rings. The number of carbonyl (C=O) groups excluding carboxylic acids is 1. The first-order chi connectivity index (χ1) is 21.3. The van der Waals surface area contributed by atoms with Gasteiger partial charge in [-0.15, -0.1) is 0 Å². The lowest BCUT2D eigenvalue weighted by molar-refractivity contribution is 0.0497. The SMILES string of the molecule is CC(C)(C)OC(=O)NC1CCN(c2ccc3c(c2)ncn3-c2ccc(Oc3ccccc3)nc2OCc2ccccc2)CC1. The van der Waals surface area contributed by atoms with Crippen molar-refractivity contribution < 1.29 is 19.0 Å². The number of nitrogens with one attached hydrogen (secondary N) is 1. The number of alkyl carbamates (subject to hydrolysis) is 1. The summed E-state index contributed by atoms with van der Waals surface area (Å²) >= 11 is 0. The lowest BCUT2D eigenvalue weighted by Gasteiger charge is -2.34. The van der Waals surface area contributed by atoms with Gasteiger partial charge in [-0.2, -0.15) is 4.98 Å². The van der Waals surface area contributed by atoms with E-state index in [-0.39, 0.29) is 12.1 Å². The van der Waals surface area contributed by atoms with Gasteiger partial charge in [0.25, 0.3) is 0 Å². The number of benzene rings is 3. The Morgan fingerprint density at radius 3 is 2.39 bits per heavy atom. The topological polar surface area (TPSA) is 90.7 Å². The van der Waals surface area contributed by atoms with Crippen LogP contribution in [0.25, 0.3) is 16.7 Å². The van der Waals surface area contributed by atoms with Crippen molar-refractivity contribution in [3.05, 3.63) is 103 Å². The zero-order valence-corrected chi connectivity index (χ0v) is 25.3. The summed E-state index contributed by atoms with van der Waals surface area (Å²) in [6.45, 7) is 7.64. The van der Waals surface area contributed by atoms with E-state index in [0.717, 1.165) is 53.9 Å². The molecule has 226 valence electrons. The number of amides is 1. The molecule has 1 amide bonds. The molecule has 2 aromatic heterocycles. The quantitative estimate of drug-likeness (QED) is 0.203. The number of anilines is 1. The minimum Gasteiger partial charge on any atom is -0.471 e. The molecule has 9 heteroatoms. The number of aromatic nitrogens is 3. The van der Waals surface area contributed by atoms with Gasteiger partial charge in [0.15, 0.2) is 0 Å². The highest BCUT2D eigenvalue weighted by atomic mass is 16.6. The first kappa shape index (κ1) is 29.0. The Bertz CT molecular complexity index is 1710. The number of imidazole rings is 1. The van der Waals surface area contributed by atoms with Crippen LogP contribution in [0, 0.1) is 0 Å². The monoisotopic (exact) mass is 591 g/mol. The number of hydrogen-bond donors (Lipinski definition) is 1. The van der Waals surface area contributed by atoms with Gasteiger partial charge in [0.1, 0.15) is 30.0 Å². The summed E-state index contributed by atoms with van der Waals surface area (Å²) in [6, 6.07) is 29.8. The first-order valence-electron chi connectivity index (χ1n) is 14.9. The van der Waals surface area contributed by atoms with Crippen LogP contribution in [0.4, 0.5) is 10.5 Å². The number of hydrogen-bond acceptors (Lipinski definition) is 7. The summed E-state index contributed by atoms with van der Waals surface area (Å²) in [7, 11) is 0. The third kappa shape index (κ3) is 7.11. The maximum absolute atomic E-state index is 12.2. The second-order valence-electron chi connectivity index (χ2n) is 11.9. The van der Waals surface area contributed by atoms with Gasteiger partial charge in [-0.3, -0.25) is 4.57 Å². The Balaban J connectivity index is 1.20. The Labute approximate surface area is 257 Å². The lowest BCUT2D eigenvalue weighted by Crippen LogP contribution is -2.46. The predicted molar refractivity (Wildman–Crippen MR) is 171 cm³/mol. The Hall–Kier alpha value is -5.05. The standard InChI is InChI=1S/C35H37N5O4/c1-35(2,3)44-34(41)37-26-18-20-39(21-19-26)27-14-15-30-29(22-27)36-24-40(30)31-16-17-32(43-28-12-8-5-9-13-28)38-33(31)42-23-25-10-6-4-7-11-25/h4-17,22,24,26H,18-21,23H2,1-3H3,(H,37,41). The third-order valence-electron chi connectivity index (χ3n) is 7.37. The molecule has 0 spiro atoms. The van der Waals surface area contributed by atoms with Gasteiger partial charge < -0.3 is 24.4 Å². The van der Waals surface area contributed by atoms with Gasteiger partial charge in [0, 0.05) is 30.9 Å². The van der Waals surface area contributed by atoms with E-state index in [1.165, 1.54) is 0 Å². The molecule has 0 atom stereocenters. The van der Waals surface area contributed by atoms with Crippen molar-refractivity contribution in [2.75, 3.05) is 18.0 Å². The number of rotatable bonds is 8. The van der Waals surface area contributed by atoms with Crippen LogP contribution in [0.3, 0.4) is 0 Å². The second-order valence-corrected chi connectivity index (χ2v) is 11.9. The van der Waals surface area contributed by atoms with Crippen molar-refractivity contribution in [2.45, 2.75) is 51.9 Å². The second kappa shape index (κ2) is 12.7. The zero-order chi connectivity index (χ0) is 30.5. The molecule has 0 saturated carbocycles. The van der Waals surface area contributed by atoms with E-state index in [9.17, 15) is 4.79 Å². The fourth-order valence-electron chi connectivity index (χ4n) is 5.24. The maximum Gasteiger partial charge on any atom is 0.407 e. The highest BCUT2D eigenvalue weighted by Crippen LogP contribution is 2.32. The summed E-state index contributed by atoms with van der Waals surface area (Å²) in [5, 5.41) is 3.01. The lowest BCUT2D eigenvalue weighted by atomic mass is 10.0. The number of ether oxygens (including phenoxy) is 3. The fraction of sp³-hybridized carbons (Fsp3) is 0.286. The van der Waals surface area contributed by atoms with E-state index >= 15 is 0 Å². The smallest absolute Gasteiger partial charge is 0.407 e. The van der Waals surface area contributed by atoms with Gasteiger partial charge in [0.05, 0.1) is 11.0 Å². The fourth-order valence-corrected chi connectivity index (χ4v) is 5.24. The highest BCUT2D eigenvalue weighted by molar-refractivity contribution is 5.82. The molecule has 0 aliphatic carbocycles. The molecule has 1 N–H and O–H groups in total. The van der Waals surface area contributed by atoms with Crippen LogP contribution in [-0.2, 0) is 11.3 Å². The van der Waals surface area contributed by atoms with E-state index in [4.69, 9.17) is 24.2 Å². The normalized spacial score (nSPS) is 13.9. The maximum atomic E-state index is 12.2. The Morgan fingerprint density at radius 2 is 1.66 bits per heavy atom. The molecule has 44 heavy (non-hydrogen) atoms. The Kier molecular flexibility index (Phi) is 8.36. The van der Waals surface area contributed by atoms with Crippen molar-refractivity contribution >= 4 is 22.8 Å². The number of piperidine rings is 1. The van der Waals surface area contributed by atoms with E-state index < -0.39 is 5.60 Å². The van der Waals surface area contributed by atoms with E-state index in [1.54, 1.807) is 6.33 Å². The summed E-state index contributed by atoms with van der Waals surface area (Å²) in [4.78, 5) is 24.0. The molecule has 3 heterocycles. The zero-order valence-electron chi connectivity index (χ0n) is 25.3. The van der Waals surface area contributed by atoms with Crippen molar-refractivity contribution in [1.82, 2.24) is 19.9 Å². The van der Waals surface area contributed by atoms with Crippen LogP contribution in [0.1, 0.15) is 39.2 Å². The molecule has 1 saturated heterocycles. The van der Waals surface area contributed by atoms with Crippen LogP contribution in [0.15, 0.2) is 97.3 Å². The minimum atomic E-state index is -0.508. The largest absolute Gasteiger partial charge is 0.471 e. The minimum absolute atomic E-state index is 0.0969. The molecule has 6 rings (SSSR count). The summed E-state index contributed by atoms with van der Waals surface area (Å²) in [5.41, 5.74) is 4.22. The number of para-hydroxylation sites is 1.